The van der Waals surface area contributed by atoms with E-state index in [-0.39, 0.29) is 24.8 Å². The lowest BCUT2D eigenvalue weighted by Crippen LogP contribution is -2.13. The summed E-state index contributed by atoms with van der Waals surface area (Å²) in [5.74, 6) is 0.568. The summed E-state index contributed by atoms with van der Waals surface area (Å²) in [4.78, 5) is 0. The number of methoxy groups -OCH3 is 1. The third-order valence-electron chi connectivity index (χ3n) is 4.22. The maximum Gasteiger partial charge on any atom is 0.180 e. The van der Waals surface area contributed by atoms with Crippen molar-refractivity contribution in [3.8, 4) is 11.5 Å². The van der Waals surface area contributed by atoms with Crippen molar-refractivity contribution in [1.29, 1.82) is 0 Å². The molecule has 3 nitrogen and oxygen atoms in total. The predicted molar refractivity (Wildman–Crippen MR) is 118 cm³/mol. The van der Waals surface area contributed by atoms with Gasteiger partial charge in [0, 0.05) is 23.7 Å². The molecule has 154 valence electrons. The average molecular weight is 457 g/mol. The first-order valence-corrected chi connectivity index (χ1v) is 9.51. The first-order valence-electron chi connectivity index (χ1n) is 8.75. The van der Waals surface area contributed by atoms with Crippen LogP contribution in [0.2, 0.25) is 10.0 Å². The third-order valence-corrected chi connectivity index (χ3v) is 4.87. The molecule has 3 rings (SSSR count). The van der Waals surface area contributed by atoms with Crippen LogP contribution in [0.3, 0.4) is 0 Å². The molecule has 7 heteroatoms. The molecule has 0 unspecified atom stereocenters. The molecule has 0 radical (unpaired) electrons. The quantitative estimate of drug-likeness (QED) is 0.423. The zero-order valence-corrected chi connectivity index (χ0v) is 18.1. The number of rotatable bonds is 8. The molecule has 29 heavy (non-hydrogen) atoms. The van der Waals surface area contributed by atoms with Crippen LogP contribution in [-0.2, 0) is 19.7 Å². The minimum atomic E-state index is -0.321. The minimum absolute atomic E-state index is 0. The van der Waals surface area contributed by atoms with E-state index in [2.05, 4.69) is 5.32 Å². The molecule has 3 aromatic rings. The highest BCUT2D eigenvalue weighted by atomic mass is 35.5. The van der Waals surface area contributed by atoms with Crippen LogP contribution in [0.25, 0.3) is 0 Å². The van der Waals surface area contributed by atoms with Crippen molar-refractivity contribution in [3.05, 3.63) is 93.2 Å². The van der Waals surface area contributed by atoms with E-state index in [9.17, 15) is 4.39 Å². The van der Waals surface area contributed by atoms with Crippen LogP contribution in [0.15, 0.2) is 60.7 Å². The van der Waals surface area contributed by atoms with Crippen molar-refractivity contribution in [3.63, 3.8) is 0 Å². The largest absolute Gasteiger partial charge is 0.493 e. The van der Waals surface area contributed by atoms with Crippen molar-refractivity contribution in [2.45, 2.75) is 19.7 Å². The molecule has 0 heterocycles. The minimum Gasteiger partial charge on any atom is -0.493 e. The summed E-state index contributed by atoms with van der Waals surface area (Å²) in [5, 5.41) is 4.47. The molecule has 0 saturated carbocycles. The SMILES string of the molecule is COc1cc(CNCc2ccccc2Cl)cc(Cl)c1OCc1ccccc1F.Cl. The molecule has 0 atom stereocenters. The van der Waals surface area contributed by atoms with E-state index < -0.39 is 0 Å². The Balaban J connectivity index is 0.00000300. The van der Waals surface area contributed by atoms with E-state index in [1.165, 1.54) is 6.07 Å². The summed E-state index contributed by atoms with van der Waals surface area (Å²) in [6.45, 7) is 1.27. The van der Waals surface area contributed by atoms with Crippen molar-refractivity contribution in [2.75, 3.05) is 7.11 Å². The molecule has 0 aromatic heterocycles. The number of halogens is 4. The summed E-state index contributed by atoms with van der Waals surface area (Å²) in [5.41, 5.74) is 2.41. The lowest BCUT2D eigenvalue weighted by Gasteiger charge is -2.15. The lowest BCUT2D eigenvalue weighted by atomic mass is 10.1. The van der Waals surface area contributed by atoms with E-state index in [4.69, 9.17) is 32.7 Å². The van der Waals surface area contributed by atoms with Crippen LogP contribution in [0.5, 0.6) is 11.5 Å². The van der Waals surface area contributed by atoms with Crippen LogP contribution in [0.1, 0.15) is 16.7 Å². The van der Waals surface area contributed by atoms with E-state index in [1.807, 2.05) is 30.3 Å². The van der Waals surface area contributed by atoms with Gasteiger partial charge in [-0.2, -0.15) is 0 Å². The van der Waals surface area contributed by atoms with Gasteiger partial charge in [0.05, 0.1) is 12.1 Å². The number of nitrogens with one attached hydrogen (secondary N) is 1. The van der Waals surface area contributed by atoms with Gasteiger partial charge in [0.25, 0.3) is 0 Å². The van der Waals surface area contributed by atoms with Gasteiger partial charge in [-0.25, -0.2) is 4.39 Å². The summed E-state index contributed by atoms with van der Waals surface area (Å²) in [6.07, 6.45) is 0. The Bertz CT molecular complexity index is 953. The summed E-state index contributed by atoms with van der Waals surface area (Å²) in [7, 11) is 1.54. The fraction of sp³-hybridized carbons (Fsp3) is 0.182. The van der Waals surface area contributed by atoms with Gasteiger partial charge in [0.1, 0.15) is 12.4 Å². The first-order chi connectivity index (χ1) is 13.6. The Hall–Kier alpha value is -1.98. The van der Waals surface area contributed by atoms with Crippen molar-refractivity contribution >= 4 is 35.6 Å². The van der Waals surface area contributed by atoms with Crippen LogP contribution in [-0.4, -0.2) is 7.11 Å². The average Bonchev–Trinajstić information content (AvgIpc) is 2.69. The lowest BCUT2D eigenvalue weighted by molar-refractivity contribution is 0.279. The zero-order chi connectivity index (χ0) is 19.9. The second-order valence-corrected chi connectivity index (χ2v) is 7.00. The Morgan fingerprint density at radius 1 is 0.897 bits per heavy atom. The van der Waals surface area contributed by atoms with Gasteiger partial charge in [-0.15, -0.1) is 12.4 Å². The molecule has 0 aliphatic heterocycles. The molecule has 0 aliphatic carbocycles. The van der Waals surface area contributed by atoms with Crippen LogP contribution in [0, 0.1) is 5.82 Å². The smallest absolute Gasteiger partial charge is 0.180 e. The summed E-state index contributed by atoms with van der Waals surface area (Å²) >= 11 is 12.6. The molecule has 0 spiro atoms. The van der Waals surface area contributed by atoms with Crippen molar-refractivity contribution in [2.24, 2.45) is 0 Å². The second-order valence-electron chi connectivity index (χ2n) is 6.18. The number of hydrogen-bond donors (Lipinski definition) is 1. The Labute approximate surface area is 186 Å². The molecule has 0 bridgehead atoms. The topological polar surface area (TPSA) is 30.5 Å². The zero-order valence-electron chi connectivity index (χ0n) is 15.8. The predicted octanol–water partition coefficient (Wildman–Crippen LogP) is 6.43. The van der Waals surface area contributed by atoms with Gasteiger partial charge >= 0.3 is 0 Å². The molecule has 0 saturated heterocycles. The van der Waals surface area contributed by atoms with Gasteiger partial charge in [-0.1, -0.05) is 59.6 Å². The molecule has 0 fully saturated rings. The van der Waals surface area contributed by atoms with Crippen LogP contribution >= 0.6 is 35.6 Å². The number of benzene rings is 3. The van der Waals surface area contributed by atoms with Crippen LogP contribution in [0.4, 0.5) is 4.39 Å². The van der Waals surface area contributed by atoms with Gasteiger partial charge in [-0.3, -0.25) is 0 Å². The molecule has 1 N–H and O–H groups in total. The van der Waals surface area contributed by atoms with Gasteiger partial charge in [-0.05, 0) is 35.4 Å². The highest BCUT2D eigenvalue weighted by Gasteiger charge is 2.13. The third kappa shape index (κ3) is 6.25. The van der Waals surface area contributed by atoms with E-state index in [0.717, 1.165) is 16.1 Å². The van der Waals surface area contributed by atoms with Gasteiger partial charge in [0.2, 0.25) is 0 Å². The van der Waals surface area contributed by atoms with Crippen molar-refractivity contribution in [1.82, 2.24) is 5.32 Å². The monoisotopic (exact) mass is 455 g/mol. The standard InChI is InChI=1S/C22H20Cl2FNO2.ClH/c1-27-21-11-15(12-26-13-16-6-2-4-8-18(16)23)10-19(24)22(21)28-14-17-7-3-5-9-20(17)25;/h2-11,26H,12-14H2,1H3;1H. The molecule has 0 amide bonds. The fourth-order valence-corrected chi connectivity index (χ4v) is 3.25. The Morgan fingerprint density at radius 3 is 2.28 bits per heavy atom. The highest BCUT2D eigenvalue weighted by Crippen LogP contribution is 2.37. The Morgan fingerprint density at radius 2 is 1.59 bits per heavy atom. The summed E-state index contributed by atoms with van der Waals surface area (Å²) < 4.78 is 24.9. The normalized spacial score (nSPS) is 10.3. The maximum absolute atomic E-state index is 13.8. The number of ether oxygens (including phenoxy) is 2. The summed E-state index contributed by atoms with van der Waals surface area (Å²) in [6, 6.07) is 17.8. The maximum atomic E-state index is 13.8. The molecular formula is C22H21Cl3FNO2. The second kappa shape index (κ2) is 11.3. The number of hydrogen-bond acceptors (Lipinski definition) is 3. The fourth-order valence-electron chi connectivity index (χ4n) is 2.76. The van der Waals surface area contributed by atoms with E-state index in [1.54, 1.807) is 31.4 Å². The van der Waals surface area contributed by atoms with Gasteiger partial charge < -0.3 is 14.8 Å². The van der Waals surface area contributed by atoms with Crippen LogP contribution < -0.4 is 14.8 Å². The van der Waals surface area contributed by atoms with Gasteiger partial charge in [0.15, 0.2) is 11.5 Å². The molecular weight excluding hydrogens is 436 g/mol. The Kier molecular flexibility index (Phi) is 9.05. The molecule has 3 aromatic carbocycles. The highest BCUT2D eigenvalue weighted by molar-refractivity contribution is 6.32. The van der Waals surface area contributed by atoms with E-state index in [0.29, 0.717) is 35.2 Å². The van der Waals surface area contributed by atoms with Crippen molar-refractivity contribution < 1.29 is 13.9 Å². The van der Waals surface area contributed by atoms with E-state index >= 15 is 0 Å². The first kappa shape index (κ1) is 23.3. The molecule has 0 aliphatic rings.